The Labute approximate surface area is 120 Å². The summed E-state index contributed by atoms with van der Waals surface area (Å²) in [5.74, 6) is 0. The van der Waals surface area contributed by atoms with Crippen LogP contribution in [0.1, 0.15) is 41.9 Å². The van der Waals surface area contributed by atoms with E-state index in [1.807, 2.05) is 17.8 Å². The molecule has 0 fully saturated rings. The summed E-state index contributed by atoms with van der Waals surface area (Å²) in [7, 11) is 0. The minimum absolute atomic E-state index is 0.318. The molecule has 0 aliphatic rings. The Bertz CT molecular complexity index is 524. The number of nitrogens with zero attached hydrogens (tertiary/aromatic N) is 4. The van der Waals surface area contributed by atoms with Gasteiger partial charge in [0.1, 0.15) is 0 Å². The normalized spacial score (nSPS) is 12.6. The quantitative estimate of drug-likeness (QED) is 0.821. The summed E-state index contributed by atoms with van der Waals surface area (Å²) >= 11 is 0. The SMILES string of the molecule is Cc1cc(C)c(C(C)NCCCn2ccnn2)c(C)n1. The van der Waals surface area contributed by atoms with E-state index in [9.17, 15) is 0 Å². The van der Waals surface area contributed by atoms with Crippen LogP contribution < -0.4 is 5.32 Å². The molecule has 1 N–H and O–H groups in total. The summed E-state index contributed by atoms with van der Waals surface area (Å²) < 4.78 is 1.86. The third kappa shape index (κ3) is 3.63. The lowest BCUT2D eigenvalue weighted by Gasteiger charge is -2.19. The molecule has 5 heteroatoms. The molecule has 5 nitrogen and oxygen atoms in total. The monoisotopic (exact) mass is 273 g/mol. The average Bonchev–Trinajstić information content (AvgIpc) is 2.86. The largest absolute Gasteiger partial charge is 0.310 e. The zero-order valence-electron chi connectivity index (χ0n) is 12.7. The summed E-state index contributed by atoms with van der Waals surface area (Å²) in [5.41, 5.74) is 4.84. The molecule has 0 amide bonds. The maximum Gasteiger partial charge on any atom is 0.0692 e. The Morgan fingerprint density at radius 3 is 2.75 bits per heavy atom. The lowest BCUT2D eigenvalue weighted by Crippen LogP contribution is -2.23. The first-order valence-electron chi connectivity index (χ1n) is 7.10. The molecule has 2 rings (SSSR count). The van der Waals surface area contributed by atoms with Crippen LogP contribution in [0.2, 0.25) is 0 Å². The third-order valence-electron chi connectivity index (χ3n) is 3.50. The zero-order chi connectivity index (χ0) is 14.5. The van der Waals surface area contributed by atoms with Gasteiger partial charge in [0.15, 0.2) is 0 Å². The van der Waals surface area contributed by atoms with Crippen molar-refractivity contribution in [3.8, 4) is 0 Å². The smallest absolute Gasteiger partial charge is 0.0692 e. The van der Waals surface area contributed by atoms with Gasteiger partial charge in [0.2, 0.25) is 0 Å². The summed E-state index contributed by atoms with van der Waals surface area (Å²) in [6.45, 7) is 10.3. The number of hydrogen-bond acceptors (Lipinski definition) is 4. The van der Waals surface area contributed by atoms with E-state index < -0.39 is 0 Å². The van der Waals surface area contributed by atoms with Crippen LogP contribution in [0.3, 0.4) is 0 Å². The Balaban J connectivity index is 1.87. The van der Waals surface area contributed by atoms with Gasteiger partial charge in [-0.3, -0.25) is 9.67 Å². The Hall–Kier alpha value is -1.75. The van der Waals surface area contributed by atoms with Gasteiger partial charge in [-0.25, -0.2) is 0 Å². The summed E-state index contributed by atoms with van der Waals surface area (Å²) in [4.78, 5) is 4.56. The summed E-state index contributed by atoms with van der Waals surface area (Å²) in [6.07, 6.45) is 4.63. The highest BCUT2D eigenvalue weighted by Gasteiger charge is 2.12. The van der Waals surface area contributed by atoms with Gasteiger partial charge in [-0.15, -0.1) is 5.10 Å². The Morgan fingerprint density at radius 2 is 2.10 bits per heavy atom. The second kappa shape index (κ2) is 6.61. The van der Waals surface area contributed by atoms with Gasteiger partial charge < -0.3 is 5.32 Å². The van der Waals surface area contributed by atoms with Crippen molar-refractivity contribution in [2.45, 2.75) is 46.7 Å². The second-order valence-corrected chi connectivity index (χ2v) is 5.28. The number of aryl methyl sites for hydroxylation is 4. The first-order chi connectivity index (χ1) is 9.58. The highest BCUT2D eigenvalue weighted by atomic mass is 15.4. The number of aromatic nitrogens is 4. The van der Waals surface area contributed by atoms with Crippen molar-refractivity contribution in [1.29, 1.82) is 0 Å². The molecule has 1 atom stereocenters. The predicted octanol–water partition coefficient (Wildman–Crippen LogP) is 2.34. The lowest BCUT2D eigenvalue weighted by atomic mass is 10.0. The maximum absolute atomic E-state index is 4.56. The fourth-order valence-corrected chi connectivity index (χ4v) is 2.70. The summed E-state index contributed by atoms with van der Waals surface area (Å²) in [5, 5.41) is 11.3. The molecule has 20 heavy (non-hydrogen) atoms. The molecular formula is C15H23N5. The Kier molecular flexibility index (Phi) is 4.84. The lowest BCUT2D eigenvalue weighted by molar-refractivity contribution is 0.497. The van der Waals surface area contributed by atoms with Crippen LogP contribution in [0.4, 0.5) is 0 Å². The minimum atomic E-state index is 0.318. The standard InChI is InChI=1S/C15H23N5/c1-11-10-12(2)18-14(4)15(11)13(3)16-6-5-8-20-9-7-17-19-20/h7,9-10,13,16H,5-6,8H2,1-4H3. The molecule has 0 aliphatic carbocycles. The van der Waals surface area contributed by atoms with Gasteiger partial charge in [0, 0.05) is 30.2 Å². The molecule has 2 aromatic rings. The van der Waals surface area contributed by atoms with Crippen molar-refractivity contribution in [2.24, 2.45) is 0 Å². The van der Waals surface area contributed by atoms with Crippen molar-refractivity contribution in [3.63, 3.8) is 0 Å². The van der Waals surface area contributed by atoms with E-state index in [0.717, 1.165) is 30.9 Å². The van der Waals surface area contributed by atoms with Gasteiger partial charge in [0.25, 0.3) is 0 Å². The Morgan fingerprint density at radius 1 is 1.30 bits per heavy atom. The number of hydrogen-bond donors (Lipinski definition) is 1. The molecule has 0 spiro atoms. The number of nitrogens with one attached hydrogen (secondary N) is 1. The fourth-order valence-electron chi connectivity index (χ4n) is 2.70. The van der Waals surface area contributed by atoms with Gasteiger partial charge in [-0.1, -0.05) is 5.21 Å². The van der Waals surface area contributed by atoms with Crippen LogP contribution in [-0.4, -0.2) is 26.5 Å². The first-order valence-corrected chi connectivity index (χ1v) is 7.10. The highest BCUT2D eigenvalue weighted by molar-refractivity contribution is 5.33. The third-order valence-corrected chi connectivity index (χ3v) is 3.50. The van der Waals surface area contributed by atoms with E-state index >= 15 is 0 Å². The molecular weight excluding hydrogens is 250 g/mol. The van der Waals surface area contributed by atoms with Crippen molar-refractivity contribution in [2.75, 3.05) is 6.54 Å². The minimum Gasteiger partial charge on any atom is -0.310 e. The van der Waals surface area contributed by atoms with E-state index in [4.69, 9.17) is 0 Å². The second-order valence-electron chi connectivity index (χ2n) is 5.28. The fraction of sp³-hybridized carbons (Fsp3) is 0.533. The maximum atomic E-state index is 4.56. The average molecular weight is 273 g/mol. The van der Waals surface area contributed by atoms with Crippen LogP contribution in [-0.2, 0) is 6.54 Å². The van der Waals surface area contributed by atoms with Gasteiger partial charge in [0.05, 0.1) is 6.20 Å². The van der Waals surface area contributed by atoms with Gasteiger partial charge >= 0.3 is 0 Å². The molecule has 0 aliphatic heterocycles. The molecule has 0 aromatic carbocycles. The van der Waals surface area contributed by atoms with Crippen LogP contribution in [0.15, 0.2) is 18.5 Å². The first kappa shape index (κ1) is 14.7. The van der Waals surface area contributed by atoms with Crippen molar-refractivity contribution >= 4 is 0 Å². The van der Waals surface area contributed by atoms with E-state index in [2.05, 4.69) is 47.5 Å². The molecule has 0 saturated carbocycles. The van der Waals surface area contributed by atoms with Crippen LogP contribution >= 0.6 is 0 Å². The number of pyridine rings is 1. The van der Waals surface area contributed by atoms with Crippen molar-refractivity contribution in [1.82, 2.24) is 25.3 Å². The number of rotatable bonds is 6. The van der Waals surface area contributed by atoms with E-state index in [1.165, 1.54) is 11.1 Å². The molecule has 0 saturated heterocycles. The molecule has 1 unspecified atom stereocenters. The van der Waals surface area contributed by atoms with Gasteiger partial charge in [-0.05, 0) is 57.9 Å². The van der Waals surface area contributed by atoms with Crippen molar-refractivity contribution in [3.05, 3.63) is 41.0 Å². The van der Waals surface area contributed by atoms with Crippen LogP contribution in [0.5, 0.6) is 0 Å². The van der Waals surface area contributed by atoms with E-state index in [0.29, 0.717) is 6.04 Å². The van der Waals surface area contributed by atoms with Crippen molar-refractivity contribution < 1.29 is 0 Å². The molecule has 108 valence electrons. The molecule has 2 aromatic heterocycles. The topological polar surface area (TPSA) is 55.6 Å². The molecule has 0 radical (unpaired) electrons. The van der Waals surface area contributed by atoms with E-state index in [-0.39, 0.29) is 0 Å². The molecule has 2 heterocycles. The van der Waals surface area contributed by atoms with Crippen LogP contribution in [0, 0.1) is 20.8 Å². The van der Waals surface area contributed by atoms with Crippen LogP contribution in [0.25, 0.3) is 0 Å². The van der Waals surface area contributed by atoms with E-state index in [1.54, 1.807) is 6.20 Å². The highest BCUT2D eigenvalue weighted by Crippen LogP contribution is 2.20. The summed E-state index contributed by atoms with van der Waals surface area (Å²) in [6, 6.07) is 2.47. The van der Waals surface area contributed by atoms with Gasteiger partial charge in [-0.2, -0.15) is 0 Å². The molecule has 0 bridgehead atoms. The predicted molar refractivity (Wildman–Crippen MR) is 79.5 cm³/mol. The zero-order valence-corrected chi connectivity index (χ0v) is 12.7.